The summed E-state index contributed by atoms with van der Waals surface area (Å²) in [6, 6.07) is -0.508. The largest absolute Gasteiger partial charge is 0.481 e. The third-order valence-electron chi connectivity index (χ3n) is 3.17. The lowest BCUT2D eigenvalue weighted by atomic mass is 10.2. The zero-order valence-electron chi connectivity index (χ0n) is 14.2. The number of rotatable bonds is 14. The van der Waals surface area contributed by atoms with Crippen molar-refractivity contribution in [3.05, 3.63) is 0 Å². The Morgan fingerprint density at radius 3 is 2.29 bits per heavy atom. The number of nitrogens with one attached hydrogen (secondary N) is 1. The smallest absolute Gasteiger partial charge is 0.305 e. The van der Waals surface area contributed by atoms with Crippen LogP contribution in [-0.4, -0.2) is 80.1 Å². The predicted octanol–water partition coefficient (Wildman–Crippen LogP) is -0.563. The van der Waals surface area contributed by atoms with Gasteiger partial charge in [0.15, 0.2) is 0 Å². The zero-order chi connectivity index (χ0) is 18.4. The summed E-state index contributed by atoms with van der Waals surface area (Å²) < 4.78 is 10.2. The molecule has 24 heavy (non-hydrogen) atoms. The molecule has 0 radical (unpaired) electrons. The minimum Gasteiger partial charge on any atom is -0.481 e. The van der Waals surface area contributed by atoms with Crippen molar-refractivity contribution in [2.45, 2.75) is 32.2 Å². The SMILES string of the molecule is CC(C=O)N(C)C(=O)CCC(=O)NCCOCCOCCC(=O)O. The van der Waals surface area contributed by atoms with E-state index in [0.717, 1.165) is 0 Å². The number of carbonyl (C=O) groups is 4. The van der Waals surface area contributed by atoms with Crippen LogP contribution in [0, 0.1) is 0 Å². The van der Waals surface area contributed by atoms with E-state index in [0.29, 0.717) is 26.0 Å². The first-order chi connectivity index (χ1) is 11.4. The van der Waals surface area contributed by atoms with Gasteiger partial charge >= 0.3 is 5.97 Å². The van der Waals surface area contributed by atoms with Gasteiger partial charge in [-0.3, -0.25) is 14.4 Å². The molecule has 0 fully saturated rings. The van der Waals surface area contributed by atoms with Crippen molar-refractivity contribution < 1.29 is 33.8 Å². The monoisotopic (exact) mass is 346 g/mol. The maximum absolute atomic E-state index is 11.7. The molecule has 2 amide bonds. The highest BCUT2D eigenvalue weighted by Crippen LogP contribution is 1.99. The van der Waals surface area contributed by atoms with Gasteiger partial charge in [-0.25, -0.2) is 0 Å². The molecule has 0 rings (SSSR count). The number of amides is 2. The van der Waals surface area contributed by atoms with Gasteiger partial charge in [0, 0.05) is 26.4 Å². The summed E-state index contributed by atoms with van der Waals surface area (Å²) in [5.74, 6) is -1.44. The van der Waals surface area contributed by atoms with Gasteiger partial charge in [0.25, 0.3) is 0 Å². The zero-order valence-corrected chi connectivity index (χ0v) is 14.2. The molecule has 0 aliphatic rings. The van der Waals surface area contributed by atoms with E-state index in [4.69, 9.17) is 14.6 Å². The minimum atomic E-state index is -0.913. The van der Waals surface area contributed by atoms with Crippen molar-refractivity contribution in [2.24, 2.45) is 0 Å². The van der Waals surface area contributed by atoms with E-state index in [1.165, 1.54) is 11.9 Å². The van der Waals surface area contributed by atoms with Crippen molar-refractivity contribution in [2.75, 3.05) is 40.0 Å². The summed E-state index contributed by atoms with van der Waals surface area (Å²) in [7, 11) is 1.52. The van der Waals surface area contributed by atoms with Gasteiger partial charge < -0.3 is 29.6 Å². The number of carbonyl (C=O) groups excluding carboxylic acids is 3. The highest BCUT2D eigenvalue weighted by atomic mass is 16.5. The van der Waals surface area contributed by atoms with Crippen LogP contribution in [0.1, 0.15) is 26.2 Å². The van der Waals surface area contributed by atoms with Crippen LogP contribution in [0.15, 0.2) is 0 Å². The summed E-state index contributed by atoms with van der Waals surface area (Å²) >= 11 is 0. The van der Waals surface area contributed by atoms with E-state index in [1.54, 1.807) is 6.92 Å². The molecule has 0 aliphatic heterocycles. The van der Waals surface area contributed by atoms with Crippen LogP contribution in [0.2, 0.25) is 0 Å². The fraction of sp³-hybridized carbons (Fsp3) is 0.733. The number of aldehydes is 1. The number of nitrogens with zero attached hydrogens (tertiary/aromatic N) is 1. The number of hydrogen-bond donors (Lipinski definition) is 2. The molecule has 9 heteroatoms. The molecule has 0 spiro atoms. The van der Waals surface area contributed by atoms with E-state index >= 15 is 0 Å². The molecular formula is C15H26N2O7. The Hall–Kier alpha value is -2.00. The first-order valence-electron chi connectivity index (χ1n) is 7.73. The number of hydrogen-bond acceptors (Lipinski definition) is 6. The Morgan fingerprint density at radius 2 is 1.71 bits per heavy atom. The summed E-state index contributed by atoms with van der Waals surface area (Å²) in [5.41, 5.74) is 0. The molecule has 0 heterocycles. The molecule has 0 saturated carbocycles. The van der Waals surface area contributed by atoms with Crippen molar-refractivity contribution in [3.8, 4) is 0 Å². The summed E-state index contributed by atoms with van der Waals surface area (Å²) in [4.78, 5) is 45.4. The molecule has 0 aromatic carbocycles. The first kappa shape index (κ1) is 22.0. The topological polar surface area (TPSA) is 122 Å². The predicted molar refractivity (Wildman–Crippen MR) is 84.4 cm³/mol. The fourth-order valence-electron chi connectivity index (χ4n) is 1.55. The molecular weight excluding hydrogens is 320 g/mol. The minimum absolute atomic E-state index is 0.0405. The maximum atomic E-state index is 11.7. The lowest BCUT2D eigenvalue weighted by Gasteiger charge is -2.20. The molecule has 0 bridgehead atoms. The number of aliphatic carboxylic acids is 1. The second-order valence-corrected chi connectivity index (χ2v) is 5.10. The van der Waals surface area contributed by atoms with Gasteiger partial charge in [-0.05, 0) is 6.92 Å². The quantitative estimate of drug-likeness (QED) is 0.319. The van der Waals surface area contributed by atoms with E-state index in [-0.39, 0.29) is 44.3 Å². The van der Waals surface area contributed by atoms with E-state index in [2.05, 4.69) is 5.32 Å². The first-order valence-corrected chi connectivity index (χ1v) is 7.73. The summed E-state index contributed by atoms with van der Waals surface area (Å²) in [6.45, 7) is 2.94. The average Bonchev–Trinajstić information content (AvgIpc) is 2.56. The third kappa shape index (κ3) is 11.6. The van der Waals surface area contributed by atoms with Gasteiger partial charge in [0.2, 0.25) is 11.8 Å². The highest BCUT2D eigenvalue weighted by Gasteiger charge is 2.15. The molecule has 1 unspecified atom stereocenters. The van der Waals surface area contributed by atoms with E-state index in [1.807, 2.05) is 0 Å². The van der Waals surface area contributed by atoms with Crippen LogP contribution in [0.4, 0.5) is 0 Å². The standard InChI is InChI=1S/C15H26N2O7/c1-12(11-18)17(2)14(20)4-3-13(19)16-6-8-24-10-9-23-7-5-15(21)22/h11-12H,3-10H2,1-2H3,(H,16,19)(H,21,22). The highest BCUT2D eigenvalue weighted by molar-refractivity contribution is 5.85. The van der Waals surface area contributed by atoms with Crippen LogP contribution in [-0.2, 0) is 28.7 Å². The Balaban J connectivity index is 3.55. The number of carboxylic acids is 1. The van der Waals surface area contributed by atoms with Crippen molar-refractivity contribution >= 4 is 24.1 Å². The molecule has 0 aromatic heterocycles. The molecule has 0 aromatic rings. The van der Waals surface area contributed by atoms with E-state index in [9.17, 15) is 19.2 Å². The van der Waals surface area contributed by atoms with Gasteiger partial charge in [0.1, 0.15) is 6.29 Å². The van der Waals surface area contributed by atoms with Gasteiger partial charge in [-0.15, -0.1) is 0 Å². The van der Waals surface area contributed by atoms with Crippen LogP contribution in [0.3, 0.4) is 0 Å². The lowest BCUT2D eigenvalue weighted by Crippen LogP contribution is -2.37. The second kappa shape index (κ2) is 13.4. The normalized spacial score (nSPS) is 11.6. The average molecular weight is 346 g/mol. The van der Waals surface area contributed by atoms with Crippen LogP contribution < -0.4 is 5.32 Å². The molecule has 1 atom stereocenters. The fourth-order valence-corrected chi connectivity index (χ4v) is 1.55. The maximum Gasteiger partial charge on any atom is 0.305 e. The number of ether oxygens (including phenoxy) is 2. The Labute approximate surface area is 141 Å². The van der Waals surface area contributed by atoms with Crippen molar-refractivity contribution in [1.29, 1.82) is 0 Å². The Bertz CT molecular complexity index is 415. The number of likely N-dealkylation sites (N-methyl/N-ethyl adjacent to an activating group) is 1. The molecule has 2 N–H and O–H groups in total. The molecule has 9 nitrogen and oxygen atoms in total. The van der Waals surface area contributed by atoms with Gasteiger partial charge in [-0.1, -0.05) is 0 Å². The Kier molecular flexibility index (Phi) is 12.3. The lowest BCUT2D eigenvalue weighted by molar-refractivity contribution is -0.138. The van der Waals surface area contributed by atoms with E-state index < -0.39 is 12.0 Å². The van der Waals surface area contributed by atoms with Crippen LogP contribution in [0.25, 0.3) is 0 Å². The van der Waals surface area contributed by atoms with Crippen molar-refractivity contribution in [1.82, 2.24) is 10.2 Å². The number of carboxylic acid groups (broad SMARTS) is 1. The van der Waals surface area contributed by atoms with Gasteiger partial charge in [0.05, 0.1) is 38.9 Å². The molecule has 138 valence electrons. The van der Waals surface area contributed by atoms with Gasteiger partial charge in [-0.2, -0.15) is 0 Å². The van der Waals surface area contributed by atoms with Crippen LogP contribution >= 0.6 is 0 Å². The third-order valence-corrected chi connectivity index (χ3v) is 3.17. The van der Waals surface area contributed by atoms with Crippen LogP contribution in [0.5, 0.6) is 0 Å². The molecule has 0 saturated heterocycles. The summed E-state index contributed by atoms with van der Waals surface area (Å²) in [5, 5.41) is 11.0. The Morgan fingerprint density at radius 1 is 1.08 bits per heavy atom. The second-order valence-electron chi connectivity index (χ2n) is 5.10. The summed E-state index contributed by atoms with van der Waals surface area (Å²) in [6.07, 6.45) is 0.710. The molecule has 0 aliphatic carbocycles. The van der Waals surface area contributed by atoms with Crippen molar-refractivity contribution in [3.63, 3.8) is 0 Å².